The van der Waals surface area contributed by atoms with E-state index in [0.717, 1.165) is 17.3 Å². The van der Waals surface area contributed by atoms with E-state index in [2.05, 4.69) is 5.32 Å². The van der Waals surface area contributed by atoms with E-state index in [1.165, 1.54) is 12.1 Å². The number of carbonyl (C=O) groups excluding carboxylic acids is 1. The molecule has 0 aliphatic rings. The van der Waals surface area contributed by atoms with Crippen LogP contribution in [0.3, 0.4) is 0 Å². The molecule has 0 bridgehead atoms. The number of anilines is 1. The Kier molecular flexibility index (Phi) is 7.86. The number of amides is 1. The third-order valence-corrected chi connectivity index (χ3v) is 6.17. The Hall–Kier alpha value is -2.09. The quantitative estimate of drug-likeness (QED) is 0.629. The van der Waals surface area contributed by atoms with E-state index in [1.807, 2.05) is 19.0 Å². The van der Waals surface area contributed by atoms with Crippen LogP contribution < -0.4 is 9.62 Å². The lowest BCUT2D eigenvalue weighted by molar-refractivity contribution is -0.119. The Balaban J connectivity index is 2.30. The van der Waals surface area contributed by atoms with Gasteiger partial charge in [-0.25, -0.2) is 8.42 Å². The summed E-state index contributed by atoms with van der Waals surface area (Å²) in [6.07, 6.45) is 0.778. The number of aryl methyl sites for hydroxylation is 1. The third-order valence-electron chi connectivity index (χ3n) is 4.16. The van der Waals surface area contributed by atoms with Gasteiger partial charge in [0.2, 0.25) is 5.91 Å². The van der Waals surface area contributed by atoms with Crippen molar-refractivity contribution in [1.82, 2.24) is 10.2 Å². The summed E-state index contributed by atoms with van der Waals surface area (Å²) in [4.78, 5) is 14.6. The molecule has 152 valence electrons. The van der Waals surface area contributed by atoms with Gasteiger partial charge in [0.15, 0.2) is 0 Å². The van der Waals surface area contributed by atoms with Crippen molar-refractivity contribution in [2.45, 2.75) is 18.2 Å². The van der Waals surface area contributed by atoms with Crippen molar-refractivity contribution in [1.29, 1.82) is 0 Å². The van der Waals surface area contributed by atoms with Crippen molar-refractivity contribution < 1.29 is 13.2 Å². The summed E-state index contributed by atoms with van der Waals surface area (Å²) in [6.45, 7) is 2.78. The van der Waals surface area contributed by atoms with Crippen LogP contribution in [0.2, 0.25) is 5.02 Å². The molecule has 0 aromatic heterocycles. The Bertz CT molecular complexity index is 902. The van der Waals surface area contributed by atoms with Gasteiger partial charge in [-0.05, 0) is 63.8 Å². The minimum atomic E-state index is -3.93. The van der Waals surface area contributed by atoms with Crippen LogP contribution in [0.25, 0.3) is 0 Å². The van der Waals surface area contributed by atoms with Gasteiger partial charge < -0.3 is 10.2 Å². The second kappa shape index (κ2) is 9.91. The summed E-state index contributed by atoms with van der Waals surface area (Å²) in [5.41, 5.74) is 1.10. The topological polar surface area (TPSA) is 69.7 Å². The molecule has 0 spiro atoms. The van der Waals surface area contributed by atoms with E-state index in [0.29, 0.717) is 22.8 Å². The molecule has 2 aromatic rings. The van der Waals surface area contributed by atoms with Gasteiger partial charge in [0.05, 0.1) is 10.6 Å². The van der Waals surface area contributed by atoms with E-state index >= 15 is 0 Å². The van der Waals surface area contributed by atoms with Crippen molar-refractivity contribution >= 4 is 33.2 Å². The second-order valence-corrected chi connectivity index (χ2v) is 9.06. The highest BCUT2D eigenvalue weighted by molar-refractivity contribution is 7.92. The number of nitrogens with zero attached hydrogens (tertiary/aromatic N) is 2. The van der Waals surface area contributed by atoms with Crippen LogP contribution in [0.4, 0.5) is 5.69 Å². The number of sulfonamides is 1. The zero-order chi connectivity index (χ0) is 20.7. The molecule has 0 saturated carbocycles. The molecule has 0 fully saturated rings. The number of rotatable bonds is 9. The zero-order valence-corrected chi connectivity index (χ0v) is 17.9. The Morgan fingerprint density at radius 3 is 2.43 bits per heavy atom. The fourth-order valence-electron chi connectivity index (χ4n) is 2.68. The highest BCUT2D eigenvalue weighted by Gasteiger charge is 2.28. The van der Waals surface area contributed by atoms with Crippen LogP contribution in [0.5, 0.6) is 0 Å². The summed E-state index contributed by atoms with van der Waals surface area (Å²) in [6, 6.07) is 13.1. The number of carbonyl (C=O) groups is 1. The lowest BCUT2D eigenvalue weighted by atomic mass is 10.2. The van der Waals surface area contributed by atoms with E-state index in [1.54, 1.807) is 43.3 Å². The highest BCUT2D eigenvalue weighted by atomic mass is 35.5. The molecule has 28 heavy (non-hydrogen) atoms. The van der Waals surface area contributed by atoms with Gasteiger partial charge in [-0.3, -0.25) is 9.10 Å². The maximum absolute atomic E-state index is 13.2. The second-order valence-electron chi connectivity index (χ2n) is 6.76. The number of hydrogen-bond donors (Lipinski definition) is 1. The van der Waals surface area contributed by atoms with Gasteiger partial charge in [0.25, 0.3) is 10.0 Å². The molecule has 0 saturated heterocycles. The average Bonchev–Trinajstić information content (AvgIpc) is 2.66. The molecular weight excluding hydrogens is 398 g/mol. The SMILES string of the molecule is Cc1ccc(Cl)cc1N(CC(=O)NCCCN(C)C)S(=O)(=O)c1ccccc1. The third kappa shape index (κ3) is 5.95. The molecule has 0 atom stereocenters. The number of hydrogen-bond acceptors (Lipinski definition) is 4. The maximum atomic E-state index is 13.2. The summed E-state index contributed by atoms with van der Waals surface area (Å²) in [5.74, 6) is -0.363. The Morgan fingerprint density at radius 2 is 1.79 bits per heavy atom. The summed E-state index contributed by atoms with van der Waals surface area (Å²) < 4.78 is 27.6. The molecule has 6 nitrogen and oxygen atoms in total. The van der Waals surface area contributed by atoms with E-state index in [9.17, 15) is 13.2 Å². The molecule has 0 aliphatic heterocycles. The monoisotopic (exact) mass is 423 g/mol. The van der Waals surface area contributed by atoms with Crippen LogP contribution in [0.15, 0.2) is 53.4 Å². The first-order chi connectivity index (χ1) is 13.2. The lowest BCUT2D eigenvalue weighted by Gasteiger charge is -2.26. The van der Waals surface area contributed by atoms with Gasteiger partial charge >= 0.3 is 0 Å². The Labute approximate surface area is 172 Å². The van der Waals surface area contributed by atoms with Crippen LogP contribution in [-0.4, -0.2) is 53.0 Å². The number of nitrogens with one attached hydrogen (secondary N) is 1. The number of halogens is 1. The first-order valence-electron chi connectivity index (χ1n) is 8.97. The zero-order valence-electron chi connectivity index (χ0n) is 16.4. The van der Waals surface area contributed by atoms with Gasteiger partial charge in [-0.15, -0.1) is 0 Å². The maximum Gasteiger partial charge on any atom is 0.264 e. The minimum absolute atomic E-state index is 0.120. The molecule has 0 unspecified atom stereocenters. The standard InChI is InChI=1S/C20H26ClN3O3S/c1-16-10-11-17(21)14-19(16)24(15-20(25)22-12-7-13-23(2)3)28(26,27)18-8-5-4-6-9-18/h4-6,8-11,14H,7,12-13,15H2,1-3H3,(H,22,25). The molecule has 2 rings (SSSR count). The molecule has 0 radical (unpaired) electrons. The van der Waals surface area contributed by atoms with Gasteiger partial charge in [0, 0.05) is 11.6 Å². The average molecular weight is 424 g/mol. The van der Waals surface area contributed by atoms with E-state index in [-0.39, 0.29) is 17.3 Å². The van der Waals surface area contributed by atoms with Crippen LogP contribution >= 0.6 is 11.6 Å². The first-order valence-corrected chi connectivity index (χ1v) is 10.8. The van der Waals surface area contributed by atoms with Crippen LogP contribution in [-0.2, 0) is 14.8 Å². The molecule has 1 N–H and O–H groups in total. The van der Waals surface area contributed by atoms with Gasteiger partial charge in [-0.1, -0.05) is 35.9 Å². The normalized spacial score (nSPS) is 11.5. The molecular formula is C20H26ClN3O3S. The summed E-state index contributed by atoms with van der Waals surface area (Å²) in [5, 5.41) is 3.19. The van der Waals surface area contributed by atoms with Crippen LogP contribution in [0, 0.1) is 6.92 Å². The van der Waals surface area contributed by atoms with Gasteiger partial charge in [0.1, 0.15) is 6.54 Å². The summed E-state index contributed by atoms with van der Waals surface area (Å²) >= 11 is 6.10. The fraction of sp³-hybridized carbons (Fsp3) is 0.350. The van der Waals surface area contributed by atoms with Crippen LogP contribution in [0.1, 0.15) is 12.0 Å². The smallest absolute Gasteiger partial charge is 0.264 e. The molecule has 2 aromatic carbocycles. The Morgan fingerprint density at radius 1 is 1.11 bits per heavy atom. The van der Waals surface area contributed by atoms with Crippen molar-refractivity contribution in [3.63, 3.8) is 0 Å². The summed E-state index contributed by atoms with van der Waals surface area (Å²) in [7, 11) is -0.0143. The van der Waals surface area contributed by atoms with E-state index in [4.69, 9.17) is 11.6 Å². The first kappa shape index (κ1) is 22.2. The van der Waals surface area contributed by atoms with Crippen molar-refractivity contribution in [3.8, 4) is 0 Å². The molecule has 1 amide bonds. The molecule has 0 aliphatic carbocycles. The van der Waals surface area contributed by atoms with Crippen molar-refractivity contribution in [2.75, 3.05) is 38.0 Å². The fourth-order valence-corrected chi connectivity index (χ4v) is 4.34. The predicted molar refractivity (Wildman–Crippen MR) is 113 cm³/mol. The molecule has 8 heteroatoms. The largest absolute Gasteiger partial charge is 0.354 e. The van der Waals surface area contributed by atoms with Crippen molar-refractivity contribution in [3.05, 3.63) is 59.1 Å². The lowest BCUT2D eigenvalue weighted by Crippen LogP contribution is -2.41. The van der Waals surface area contributed by atoms with E-state index < -0.39 is 10.0 Å². The minimum Gasteiger partial charge on any atom is -0.354 e. The predicted octanol–water partition coefficient (Wildman–Crippen LogP) is 2.91. The highest BCUT2D eigenvalue weighted by Crippen LogP contribution is 2.29. The molecule has 0 heterocycles. The van der Waals surface area contributed by atoms with Crippen molar-refractivity contribution in [2.24, 2.45) is 0 Å². The number of benzene rings is 2. The van der Waals surface area contributed by atoms with Gasteiger partial charge in [-0.2, -0.15) is 0 Å².